The molecular weight excluding hydrogens is 368 g/mol. The van der Waals surface area contributed by atoms with Crippen molar-refractivity contribution in [3.8, 4) is 17.6 Å². The van der Waals surface area contributed by atoms with E-state index in [0.29, 0.717) is 11.4 Å². The van der Waals surface area contributed by atoms with Crippen LogP contribution in [0.4, 0.5) is 16.2 Å². The number of fused-ring (bicyclic) bond motifs is 2. The van der Waals surface area contributed by atoms with Crippen molar-refractivity contribution in [2.45, 2.75) is 38.8 Å². The van der Waals surface area contributed by atoms with Crippen LogP contribution in [0.2, 0.25) is 0 Å². The zero-order valence-corrected chi connectivity index (χ0v) is 16.7. The van der Waals surface area contributed by atoms with Crippen LogP contribution >= 0.6 is 0 Å². The fourth-order valence-corrected chi connectivity index (χ4v) is 4.02. The van der Waals surface area contributed by atoms with E-state index in [1.54, 1.807) is 0 Å². The number of nitrogens with one attached hydrogen (secondary N) is 2. The molecule has 29 heavy (non-hydrogen) atoms. The van der Waals surface area contributed by atoms with Gasteiger partial charge in [-0.2, -0.15) is 5.26 Å². The molecule has 0 aromatic heterocycles. The first-order valence-corrected chi connectivity index (χ1v) is 9.79. The molecule has 2 aromatic carbocycles. The Morgan fingerprint density at radius 1 is 1.24 bits per heavy atom. The number of urea groups is 1. The van der Waals surface area contributed by atoms with E-state index >= 15 is 0 Å². The fourth-order valence-electron chi connectivity index (χ4n) is 4.02. The van der Waals surface area contributed by atoms with Gasteiger partial charge in [-0.25, -0.2) is 4.79 Å². The number of rotatable bonds is 4. The molecule has 2 aliphatic heterocycles. The molecule has 7 nitrogen and oxygen atoms in total. The van der Waals surface area contributed by atoms with Crippen molar-refractivity contribution >= 4 is 17.4 Å². The van der Waals surface area contributed by atoms with Gasteiger partial charge in [0.2, 0.25) is 6.79 Å². The van der Waals surface area contributed by atoms with Gasteiger partial charge in [0.1, 0.15) is 0 Å². The Balaban J connectivity index is 1.62. The minimum atomic E-state index is -0.317. The molecule has 0 fully saturated rings. The maximum Gasteiger partial charge on any atom is 0.319 e. The molecule has 2 unspecified atom stereocenters. The second-order valence-electron chi connectivity index (χ2n) is 7.48. The first kappa shape index (κ1) is 18.9. The van der Waals surface area contributed by atoms with Crippen LogP contribution in [0.25, 0.3) is 0 Å². The summed E-state index contributed by atoms with van der Waals surface area (Å²) < 4.78 is 11.0. The van der Waals surface area contributed by atoms with E-state index in [9.17, 15) is 10.1 Å². The molecular formula is C22H24N4O3. The quantitative estimate of drug-likeness (QED) is 0.817. The van der Waals surface area contributed by atoms with Crippen LogP contribution in [0.1, 0.15) is 43.9 Å². The summed E-state index contributed by atoms with van der Waals surface area (Å²) >= 11 is 0. The van der Waals surface area contributed by atoms with Gasteiger partial charge in [0.05, 0.1) is 18.0 Å². The van der Waals surface area contributed by atoms with E-state index in [1.807, 2.05) is 50.2 Å². The molecule has 0 radical (unpaired) electrons. The fraction of sp³-hybridized carbons (Fsp3) is 0.364. The number of hydrogen-bond donors (Lipinski definition) is 2. The largest absolute Gasteiger partial charge is 0.454 e. The lowest BCUT2D eigenvalue weighted by molar-refractivity contribution is 0.174. The summed E-state index contributed by atoms with van der Waals surface area (Å²) in [6.07, 6.45) is 0. The van der Waals surface area contributed by atoms with Gasteiger partial charge in [0, 0.05) is 30.0 Å². The number of likely N-dealkylation sites (N-methyl/N-ethyl adjacent to an activating group) is 1. The second-order valence-corrected chi connectivity index (χ2v) is 7.48. The number of hydrogen-bond acceptors (Lipinski definition) is 5. The lowest BCUT2D eigenvalue weighted by atomic mass is 9.91. The third kappa shape index (κ3) is 3.42. The molecule has 2 atom stereocenters. The van der Waals surface area contributed by atoms with Crippen LogP contribution in [0.3, 0.4) is 0 Å². The molecule has 4 rings (SSSR count). The highest BCUT2D eigenvalue weighted by molar-refractivity contribution is 5.89. The number of nitriles is 1. The zero-order chi connectivity index (χ0) is 20.5. The SMILES string of the molecule is CCN1c2cc3c(cc2C(C#N)C1c1ccc(NC(=O)NC(C)C)cc1)OCO3. The predicted octanol–water partition coefficient (Wildman–Crippen LogP) is 4.13. The number of ether oxygens (including phenoxy) is 2. The van der Waals surface area contributed by atoms with Gasteiger partial charge in [-0.05, 0) is 50.1 Å². The Kier molecular flexibility index (Phi) is 4.93. The molecule has 2 aliphatic rings. The highest BCUT2D eigenvalue weighted by Gasteiger charge is 2.40. The van der Waals surface area contributed by atoms with Gasteiger partial charge in [-0.1, -0.05) is 12.1 Å². The van der Waals surface area contributed by atoms with Crippen LogP contribution in [-0.2, 0) is 0 Å². The Morgan fingerprint density at radius 2 is 1.93 bits per heavy atom. The third-order valence-corrected chi connectivity index (χ3v) is 5.23. The Morgan fingerprint density at radius 3 is 2.55 bits per heavy atom. The van der Waals surface area contributed by atoms with Crippen molar-refractivity contribution in [1.29, 1.82) is 5.26 Å². The number of carbonyl (C=O) groups excluding carboxylic acids is 1. The topological polar surface area (TPSA) is 86.6 Å². The number of benzene rings is 2. The van der Waals surface area contributed by atoms with Crippen molar-refractivity contribution in [2.75, 3.05) is 23.6 Å². The maximum absolute atomic E-state index is 11.9. The van der Waals surface area contributed by atoms with Crippen molar-refractivity contribution in [2.24, 2.45) is 0 Å². The van der Waals surface area contributed by atoms with E-state index in [4.69, 9.17) is 9.47 Å². The average molecular weight is 392 g/mol. The van der Waals surface area contributed by atoms with Gasteiger partial charge in [-0.3, -0.25) is 0 Å². The third-order valence-electron chi connectivity index (χ3n) is 5.23. The standard InChI is InChI=1S/C22H24N4O3/c1-4-26-18-10-20-19(28-12-29-20)9-16(18)17(11-23)21(26)14-5-7-15(8-6-14)25-22(27)24-13(2)3/h5-10,13,17,21H,4,12H2,1-3H3,(H2,24,25,27). The Bertz CT molecular complexity index is 965. The molecule has 0 bridgehead atoms. The van der Waals surface area contributed by atoms with E-state index in [-0.39, 0.29) is 30.8 Å². The lowest BCUT2D eigenvalue weighted by Gasteiger charge is -2.28. The molecule has 0 saturated heterocycles. The van der Waals surface area contributed by atoms with Gasteiger partial charge < -0.3 is 25.0 Å². The number of carbonyl (C=O) groups is 1. The average Bonchev–Trinajstić information content (AvgIpc) is 3.27. The van der Waals surface area contributed by atoms with Crippen molar-refractivity contribution in [1.82, 2.24) is 5.32 Å². The van der Waals surface area contributed by atoms with E-state index in [0.717, 1.165) is 29.1 Å². The second kappa shape index (κ2) is 7.55. The normalized spacial score (nSPS) is 19.1. The molecule has 2 amide bonds. The maximum atomic E-state index is 11.9. The summed E-state index contributed by atoms with van der Waals surface area (Å²) in [5.41, 5.74) is 3.69. The van der Waals surface area contributed by atoms with Crippen molar-refractivity contribution in [3.63, 3.8) is 0 Å². The van der Waals surface area contributed by atoms with Gasteiger partial charge >= 0.3 is 6.03 Å². The number of anilines is 2. The van der Waals surface area contributed by atoms with Gasteiger partial charge in [0.25, 0.3) is 0 Å². The molecule has 2 aromatic rings. The number of amides is 2. The minimum Gasteiger partial charge on any atom is -0.454 e. The Labute approximate surface area is 170 Å². The summed E-state index contributed by atoms with van der Waals surface area (Å²) in [5, 5.41) is 15.6. The lowest BCUT2D eigenvalue weighted by Crippen LogP contribution is -2.34. The molecule has 2 N–H and O–H groups in total. The molecule has 7 heteroatoms. The van der Waals surface area contributed by atoms with E-state index < -0.39 is 0 Å². The minimum absolute atomic E-state index is 0.0651. The van der Waals surface area contributed by atoms with Crippen LogP contribution in [0.5, 0.6) is 11.5 Å². The highest BCUT2D eigenvalue weighted by atomic mass is 16.7. The Hall–Kier alpha value is -3.40. The molecule has 0 spiro atoms. The van der Waals surface area contributed by atoms with Gasteiger partial charge in [0.15, 0.2) is 11.5 Å². The zero-order valence-electron chi connectivity index (χ0n) is 16.7. The summed E-state index contributed by atoms with van der Waals surface area (Å²) in [6, 6.07) is 13.8. The van der Waals surface area contributed by atoms with E-state index in [2.05, 4.69) is 28.5 Å². The number of nitrogens with zero attached hydrogens (tertiary/aromatic N) is 2. The van der Waals surface area contributed by atoms with Crippen LogP contribution < -0.4 is 25.0 Å². The van der Waals surface area contributed by atoms with E-state index in [1.165, 1.54) is 0 Å². The van der Waals surface area contributed by atoms with Crippen LogP contribution in [0.15, 0.2) is 36.4 Å². The monoisotopic (exact) mass is 392 g/mol. The molecule has 0 aliphatic carbocycles. The van der Waals surface area contributed by atoms with Crippen molar-refractivity contribution < 1.29 is 14.3 Å². The van der Waals surface area contributed by atoms with Gasteiger partial charge in [-0.15, -0.1) is 0 Å². The summed E-state index contributed by atoms with van der Waals surface area (Å²) in [5.74, 6) is 1.09. The summed E-state index contributed by atoms with van der Waals surface area (Å²) in [4.78, 5) is 14.1. The smallest absolute Gasteiger partial charge is 0.319 e. The van der Waals surface area contributed by atoms with Crippen LogP contribution in [0, 0.1) is 11.3 Å². The molecule has 0 saturated carbocycles. The molecule has 2 heterocycles. The van der Waals surface area contributed by atoms with Crippen molar-refractivity contribution in [3.05, 3.63) is 47.5 Å². The predicted molar refractivity (Wildman–Crippen MR) is 110 cm³/mol. The highest BCUT2D eigenvalue weighted by Crippen LogP contribution is 2.52. The van der Waals surface area contributed by atoms with Crippen LogP contribution in [-0.4, -0.2) is 25.4 Å². The summed E-state index contributed by atoms with van der Waals surface area (Å²) in [6.45, 7) is 6.87. The first-order valence-electron chi connectivity index (χ1n) is 9.79. The summed E-state index contributed by atoms with van der Waals surface area (Å²) in [7, 11) is 0. The first-order chi connectivity index (χ1) is 14.0. The molecule has 150 valence electrons.